The van der Waals surface area contributed by atoms with Gasteiger partial charge in [0.1, 0.15) is 0 Å². The average molecular weight is 186 g/mol. The molecule has 0 radical (unpaired) electrons. The molecule has 3 N–H and O–H groups in total. The number of nitrogens with two attached hydrogens (primary N) is 1. The molecular weight excluding hydrogens is 164 g/mol. The summed E-state index contributed by atoms with van der Waals surface area (Å²) in [6.07, 6.45) is 1.78. The standard InChI is InChI=1S/C10H22N2O/c1-5-10(11,6-2)7-12-9(13)8(3)4/h8H,5-7,11H2,1-4H3,(H,12,13). The molecule has 0 bridgehead atoms. The molecule has 0 rings (SSSR count). The molecule has 0 saturated heterocycles. The average Bonchev–Trinajstić information content (AvgIpc) is 2.13. The van der Waals surface area contributed by atoms with Crippen LogP contribution >= 0.6 is 0 Å². The van der Waals surface area contributed by atoms with E-state index < -0.39 is 0 Å². The molecular formula is C10H22N2O. The molecule has 3 heteroatoms. The maximum Gasteiger partial charge on any atom is 0.222 e. The Hall–Kier alpha value is -0.570. The smallest absolute Gasteiger partial charge is 0.222 e. The molecule has 0 aliphatic heterocycles. The topological polar surface area (TPSA) is 55.1 Å². The minimum atomic E-state index is -0.232. The van der Waals surface area contributed by atoms with Crippen LogP contribution in [0.1, 0.15) is 40.5 Å². The molecule has 0 spiro atoms. The van der Waals surface area contributed by atoms with Crippen LogP contribution in [-0.2, 0) is 4.79 Å². The molecule has 0 aromatic heterocycles. The first-order valence-electron chi connectivity index (χ1n) is 5.01. The van der Waals surface area contributed by atoms with Crippen LogP contribution in [0, 0.1) is 5.92 Å². The second-order valence-electron chi connectivity index (χ2n) is 3.94. The van der Waals surface area contributed by atoms with Gasteiger partial charge in [-0.1, -0.05) is 27.7 Å². The van der Waals surface area contributed by atoms with E-state index in [2.05, 4.69) is 5.32 Å². The van der Waals surface area contributed by atoms with Gasteiger partial charge in [-0.15, -0.1) is 0 Å². The van der Waals surface area contributed by atoms with Gasteiger partial charge in [0.2, 0.25) is 5.91 Å². The SMILES string of the molecule is CCC(N)(CC)CNC(=O)C(C)C. The molecule has 0 aromatic carbocycles. The van der Waals surface area contributed by atoms with Crippen molar-refractivity contribution in [2.24, 2.45) is 11.7 Å². The molecule has 13 heavy (non-hydrogen) atoms. The normalized spacial score (nSPS) is 11.8. The van der Waals surface area contributed by atoms with Crippen LogP contribution < -0.4 is 11.1 Å². The Labute approximate surface area is 81.1 Å². The predicted octanol–water partition coefficient (Wildman–Crippen LogP) is 1.28. The fourth-order valence-corrected chi connectivity index (χ4v) is 0.967. The molecule has 0 atom stereocenters. The summed E-state index contributed by atoms with van der Waals surface area (Å²) >= 11 is 0. The third kappa shape index (κ3) is 4.27. The molecule has 0 aliphatic rings. The largest absolute Gasteiger partial charge is 0.354 e. The van der Waals surface area contributed by atoms with Crippen LogP contribution in [0.4, 0.5) is 0 Å². The minimum absolute atomic E-state index is 0.0398. The van der Waals surface area contributed by atoms with Crippen LogP contribution in [0.15, 0.2) is 0 Å². The van der Waals surface area contributed by atoms with Gasteiger partial charge in [0.15, 0.2) is 0 Å². The van der Waals surface area contributed by atoms with Gasteiger partial charge in [-0.3, -0.25) is 4.79 Å². The van der Waals surface area contributed by atoms with Crippen molar-refractivity contribution in [1.82, 2.24) is 5.32 Å². The molecule has 0 fully saturated rings. The Kier molecular flexibility index (Phi) is 4.99. The Morgan fingerprint density at radius 3 is 2.15 bits per heavy atom. The number of nitrogens with one attached hydrogen (secondary N) is 1. The van der Waals surface area contributed by atoms with E-state index in [0.717, 1.165) is 12.8 Å². The first kappa shape index (κ1) is 12.4. The quantitative estimate of drug-likeness (QED) is 0.679. The lowest BCUT2D eigenvalue weighted by molar-refractivity contribution is -0.124. The molecule has 0 saturated carbocycles. The van der Waals surface area contributed by atoms with E-state index in [4.69, 9.17) is 5.73 Å². The second-order valence-corrected chi connectivity index (χ2v) is 3.94. The summed E-state index contributed by atoms with van der Waals surface area (Å²) in [5, 5.41) is 2.86. The molecule has 0 heterocycles. The summed E-state index contributed by atoms with van der Waals surface area (Å²) in [6.45, 7) is 8.43. The fraction of sp³-hybridized carbons (Fsp3) is 0.900. The van der Waals surface area contributed by atoms with Crippen molar-refractivity contribution in [3.8, 4) is 0 Å². The summed E-state index contributed by atoms with van der Waals surface area (Å²) < 4.78 is 0. The number of carbonyl (C=O) groups excluding carboxylic acids is 1. The first-order valence-corrected chi connectivity index (χ1v) is 5.01. The van der Waals surface area contributed by atoms with E-state index in [-0.39, 0.29) is 17.4 Å². The summed E-state index contributed by atoms with van der Waals surface area (Å²) in [5.41, 5.74) is 5.80. The van der Waals surface area contributed by atoms with Crippen LogP contribution in [0.5, 0.6) is 0 Å². The number of hydrogen-bond acceptors (Lipinski definition) is 2. The zero-order chi connectivity index (χ0) is 10.5. The number of hydrogen-bond donors (Lipinski definition) is 2. The van der Waals surface area contributed by atoms with Crippen molar-refractivity contribution < 1.29 is 4.79 Å². The highest BCUT2D eigenvalue weighted by Gasteiger charge is 2.21. The monoisotopic (exact) mass is 186 g/mol. The van der Waals surface area contributed by atoms with E-state index in [1.54, 1.807) is 0 Å². The second kappa shape index (κ2) is 5.22. The highest BCUT2D eigenvalue weighted by atomic mass is 16.1. The lowest BCUT2D eigenvalue weighted by Gasteiger charge is -2.27. The van der Waals surface area contributed by atoms with Crippen molar-refractivity contribution >= 4 is 5.91 Å². The molecule has 1 amide bonds. The van der Waals surface area contributed by atoms with Gasteiger partial charge in [-0.25, -0.2) is 0 Å². The van der Waals surface area contributed by atoms with Crippen molar-refractivity contribution in [1.29, 1.82) is 0 Å². The lowest BCUT2D eigenvalue weighted by atomic mass is 9.94. The zero-order valence-corrected chi connectivity index (χ0v) is 9.18. The Balaban J connectivity index is 3.92. The first-order chi connectivity index (χ1) is 5.95. The molecule has 3 nitrogen and oxygen atoms in total. The van der Waals surface area contributed by atoms with E-state index in [0.29, 0.717) is 6.54 Å². The Bertz CT molecular complexity index is 162. The van der Waals surface area contributed by atoms with Crippen LogP contribution in [0.3, 0.4) is 0 Å². The van der Waals surface area contributed by atoms with Gasteiger partial charge < -0.3 is 11.1 Å². The summed E-state index contributed by atoms with van der Waals surface area (Å²) in [5.74, 6) is 0.120. The number of rotatable bonds is 5. The molecule has 78 valence electrons. The number of amides is 1. The van der Waals surface area contributed by atoms with Crippen LogP contribution in [0.25, 0.3) is 0 Å². The van der Waals surface area contributed by atoms with Gasteiger partial charge >= 0.3 is 0 Å². The third-order valence-corrected chi connectivity index (χ3v) is 2.55. The van der Waals surface area contributed by atoms with Crippen LogP contribution in [0.2, 0.25) is 0 Å². The van der Waals surface area contributed by atoms with Crippen molar-refractivity contribution in [3.63, 3.8) is 0 Å². The van der Waals surface area contributed by atoms with Gasteiger partial charge in [-0.2, -0.15) is 0 Å². The Morgan fingerprint density at radius 2 is 1.85 bits per heavy atom. The summed E-state index contributed by atoms with van der Waals surface area (Å²) in [4.78, 5) is 11.3. The molecule has 0 aromatic rings. The van der Waals surface area contributed by atoms with Crippen molar-refractivity contribution in [2.75, 3.05) is 6.54 Å². The highest BCUT2D eigenvalue weighted by molar-refractivity contribution is 5.77. The van der Waals surface area contributed by atoms with E-state index >= 15 is 0 Å². The summed E-state index contributed by atoms with van der Waals surface area (Å²) in [7, 11) is 0. The van der Waals surface area contributed by atoms with E-state index in [9.17, 15) is 4.79 Å². The summed E-state index contributed by atoms with van der Waals surface area (Å²) in [6, 6.07) is 0. The lowest BCUT2D eigenvalue weighted by Crippen LogP contribution is -2.49. The molecule has 0 unspecified atom stereocenters. The predicted molar refractivity (Wildman–Crippen MR) is 55.3 cm³/mol. The highest BCUT2D eigenvalue weighted by Crippen LogP contribution is 2.09. The van der Waals surface area contributed by atoms with Gasteiger partial charge in [0, 0.05) is 18.0 Å². The van der Waals surface area contributed by atoms with Gasteiger partial charge in [0.25, 0.3) is 0 Å². The van der Waals surface area contributed by atoms with Gasteiger partial charge in [-0.05, 0) is 12.8 Å². The minimum Gasteiger partial charge on any atom is -0.354 e. The Morgan fingerprint density at radius 1 is 1.38 bits per heavy atom. The van der Waals surface area contributed by atoms with Crippen LogP contribution in [-0.4, -0.2) is 18.0 Å². The van der Waals surface area contributed by atoms with E-state index in [1.807, 2.05) is 27.7 Å². The number of carbonyl (C=O) groups is 1. The third-order valence-electron chi connectivity index (χ3n) is 2.55. The van der Waals surface area contributed by atoms with E-state index in [1.165, 1.54) is 0 Å². The van der Waals surface area contributed by atoms with Gasteiger partial charge in [0.05, 0.1) is 0 Å². The molecule has 0 aliphatic carbocycles. The van der Waals surface area contributed by atoms with Crippen molar-refractivity contribution in [2.45, 2.75) is 46.1 Å². The maximum atomic E-state index is 11.3. The fourth-order valence-electron chi connectivity index (χ4n) is 0.967. The maximum absolute atomic E-state index is 11.3. The van der Waals surface area contributed by atoms with Crippen molar-refractivity contribution in [3.05, 3.63) is 0 Å². The zero-order valence-electron chi connectivity index (χ0n) is 9.18.